The maximum atomic E-state index is 7.57. The molecule has 3 aliphatic carbocycles. The highest BCUT2D eigenvalue weighted by Crippen LogP contribution is 2.60. The van der Waals surface area contributed by atoms with Crippen molar-refractivity contribution in [1.82, 2.24) is 0 Å². The Bertz CT molecular complexity index is 374. The van der Waals surface area contributed by atoms with Gasteiger partial charge in [-0.15, -0.1) is 0 Å². The number of aliphatic hydroxyl groups is 1. The molecular weight excluding hydrogens is 280 g/mol. The van der Waals surface area contributed by atoms with Gasteiger partial charge in [0.2, 0.25) is 0 Å². The first kappa shape index (κ1) is 19.3. The molecule has 6 atom stereocenters. The van der Waals surface area contributed by atoms with Crippen molar-refractivity contribution >= 4 is 0 Å². The minimum Gasteiger partial charge on any atom is -0.397 e. The van der Waals surface area contributed by atoms with Gasteiger partial charge in [-0.3, -0.25) is 0 Å². The largest absolute Gasteiger partial charge is 0.397 e. The lowest BCUT2D eigenvalue weighted by molar-refractivity contribution is -0.0692. The summed E-state index contributed by atoms with van der Waals surface area (Å²) >= 11 is 0. The Morgan fingerprint density at radius 2 is 1.48 bits per heavy atom. The maximum absolute atomic E-state index is 7.57. The van der Waals surface area contributed by atoms with Gasteiger partial charge in [-0.05, 0) is 79.4 Å². The summed E-state index contributed by atoms with van der Waals surface area (Å²) in [7, 11) is 0. The van der Waals surface area contributed by atoms with Gasteiger partial charge in [-0.1, -0.05) is 53.9 Å². The summed E-state index contributed by atoms with van der Waals surface area (Å²) in [5.74, 6) is 4.92. The molecule has 0 amide bonds. The van der Waals surface area contributed by atoms with Crippen molar-refractivity contribution in [1.29, 1.82) is 0 Å². The van der Waals surface area contributed by atoms with Crippen LogP contribution in [-0.2, 0) is 0 Å². The molecule has 2 bridgehead atoms. The van der Waals surface area contributed by atoms with Gasteiger partial charge in [0, 0.05) is 6.61 Å². The molecule has 3 rings (SSSR count). The summed E-state index contributed by atoms with van der Waals surface area (Å²) in [6.45, 7) is 14.9. The van der Waals surface area contributed by atoms with E-state index in [4.69, 9.17) is 5.11 Å². The van der Waals surface area contributed by atoms with Crippen LogP contribution < -0.4 is 0 Å². The Balaban J connectivity index is 0.000000595. The fraction of sp³-hybridized carbons (Fsp3) is 1.00. The fourth-order valence-corrected chi connectivity index (χ4v) is 6.67. The lowest BCUT2D eigenvalue weighted by Crippen LogP contribution is -2.48. The molecule has 136 valence electrons. The summed E-state index contributed by atoms with van der Waals surface area (Å²) in [6, 6.07) is 0. The van der Waals surface area contributed by atoms with Crippen LogP contribution in [0.1, 0.15) is 92.9 Å². The number of rotatable bonds is 0. The number of hydrogen-bond acceptors (Lipinski definition) is 1. The molecule has 0 spiro atoms. The Morgan fingerprint density at radius 1 is 0.870 bits per heavy atom. The summed E-state index contributed by atoms with van der Waals surface area (Å²) in [5, 5.41) is 7.57. The molecule has 0 heterocycles. The zero-order valence-corrected chi connectivity index (χ0v) is 16.7. The van der Waals surface area contributed by atoms with Gasteiger partial charge < -0.3 is 5.11 Å². The van der Waals surface area contributed by atoms with Crippen LogP contribution in [0.15, 0.2) is 0 Å². The molecule has 0 unspecified atom stereocenters. The highest BCUT2D eigenvalue weighted by Gasteiger charge is 2.50. The first-order valence-corrected chi connectivity index (χ1v) is 10.4. The zero-order valence-electron chi connectivity index (χ0n) is 16.7. The summed E-state index contributed by atoms with van der Waals surface area (Å²) in [5.41, 5.74) is 1.26. The Labute approximate surface area is 145 Å². The molecule has 3 aliphatic rings. The van der Waals surface area contributed by atoms with E-state index in [1.165, 1.54) is 51.4 Å². The lowest BCUT2D eigenvalue weighted by Gasteiger charge is -2.57. The smallest absolute Gasteiger partial charge is 0.0402 e. The van der Waals surface area contributed by atoms with Gasteiger partial charge in [-0.2, -0.15) is 0 Å². The topological polar surface area (TPSA) is 20.2 Å². The molecule has 0 aliphatic heterocycles. The molecule has 1 N–H and O–H groups in total. The van der Waals surface area contributed by atoms with E-state index in [0.29, 0.717) is 10.8 Å². The van der Waals surface area contributed by atoms with Crippen molar-refractivity contribution in [3.63, 3.8) is 0 Å². The fourth-order valence-electron chi connectivity index (χ4n) is 6.67. The Kier molecular flexibility index (Phi) is 6.26. The second kappa shape index (κ2) is 7.46. The maximum Gasteiger partial charge on any atom is 0.0402 e. The third-order valence-corrected chi connectivity index (χ3v) is 8.22. The quantitative estimate of drug-likeness (QED) is 0.555. The van der Waals surface area contributed by atoms with Crippen LogP contribution in [0, 0.1) is 40.4 Å². The highest BCUT2D eigenvalue weighted by atomic mass is 16.2. The second-order valence-corrected chi connectivity index (χ2v) is 9.90. The molecule has 0 aromatic carbocycles. The van der Waals surface area contributed by atoms with Crippen LogP contribution in [0.3, 0.4) is 0 Å². The van der Waals surface area contributed by atoms with Crippen molar-refractivity contribution in [3.8, 4) is 0 Å². The van der Waals surface area contributed by atoms with Crippen LogP contribution in [0.5, 0.6) is 0 Å². The van der Waals surface area contributed by atoms with Crippen LogP contribution in [0.25, 0.3) is 0 Å². The van der Waals surface area contributed by atoms with Gasteiger partial charge in [0.15, 0.2) is 0 Å². The van der Waals surface area contributed by atoms with E-state index in [-0.39, 0.29) is 6.61 Å². The highest BCUT2D eigenvalue weighted by molar-refractivity contribution is 5.00. The van der Waals surface area contributed by atoms with Gasteiger partial charge in [0.05, 0.1) is 0 Å². The Hall–Kier alpha value is -0.0400. The van der Waals surface area contributed by atoms with E-state index in [9.17, 15) is 0 Å². The normalized spacial score (nSPS) is 45.8. The first-order chi connectivity index (χ1) is 10.8. The zero-order chi connectivity index (χ0) is 17.3. The third-order valence-electron chi connectivity index (χ3n) is 8.22. The predicted octanol–water partition coefficient (Wildman–Crippen LogP) is 6.30. The van der Waals surface area contributed by atoms with Gasteiger partial charge >= 0.3 is 0 Å². The number of aliphatic hydroxyl groups excluding tert-OH is 1. The summed E-state index contributed by atoms with van der Waals surface area (Å²) in [6.07, 6.45) is 12.0. The van der Waals surface area contributed by atoms with Gasteiger partial charge in [0.25, 0.3) is 0 Å². The molecule has 23 heavy (non-hydrogen) atoms. The number of fused-ring (bicyclic) bond motifs is 3. The average Bonchev–Trinajstić information content (AvgIpc) is 2.45. The molecule has 0 radical (unpaired) electrons. The summed E-state index contributed by atoms with van der Waals surface area (Å²) < 4.78 is 0. The molecule has 3 saturated carbocycles. The predicted molar refractivity (Wildman–Crippen MR) is 100 cm³/mol. The third kappa shape index (κ3) is 3.80. The van der Waals surface area contributed by atoms with Crippen molar-refractivity contribution in [3.05, 3.63) is 0 Å². The average molecular weight is 323 g/mol. The van der Waals surface area contributed by atoms with Gasteiger partial charge in [-0.25, -0.2) is 0 Å². The monoisotopic (exact) mass is 322 g/mol. The van der Waals surface area contributed by atoms with E-state index in [2.05, 4.69) is 34.6 Å². The minimum absolute atomic E-state index is 0.250. The Morgan fingerprint density at radius 3 is 2.13 bits per heavy atom. The van der Waals surface area contributed by atoms with Crippen molar-refractivity contribution in [2.75, 3.05) is 6.61 Å². The minimum atomic E-state index is 0.250. The molecular formula is C22H42O. The van der Waals surface area contributed by atoms with E-state index in [1.54, 1.807) is 6.92 Å². The van der Waals surface area contributed by atoms with Crippen LogP contribution in [0.4, 0.5) is 0 Å². The van der Waals surface area contributed by atoms with Crippen molar-refractivity contribution in [2.45, 2.75) is 92.9 Å². The standard InChI is InChI=1S/C20H36.C2H6O/c1-14-7-6-11-20(5)12-10-17-15(2)8-9-16(13-18(14)20)19(17,3)4;1-2-3/h14-18H,6-13H2,1-5H3;3H,2H2,1H3/t14-,15-,16+,17+,18-,20+;/m1./s1. The van der Waals surface area contributed by atoms with E-state index >= 15 is 0 Å². The first-order valence-electron chi connectivity index (χ1n) is 10.4. The molecule has 0 aromatic heterocycles. The molecule has 0 saturated heterocycles. The SMILES string of the molecule is CCO.C[C@@H]1CCC[C@@]2(C)CC[C@H]3[C@H](C)CC[C@@H](C[C@H]12)C3(C)C. The molecule has 1 nitrogen and oxygen atoms in total. The van der Waals surface area contributed by atoms with E-state index in [0.717, 1.165) is 29.6 Å². The summed E-state index contributed by atoms with van der Waals surface area (Å²) in [4.78, 5) is 0. The van der Waals surface area contributed by atoms with Gasteiger partial charge in [0.1, 0.15) is 0 Å². The van der Waals surface area contributed by atoms with Crippen molar-refractivity contribution < 1.29 is 5.11 Å². The van der Waals surface area contributed by atoms with Crippen molar-refractivity contribution in [2.24, 2.45) is 40.4 Å². The van der Waals surface area contributed by atoms with E-state index < -0.39 is 0 Å². The molecule has 1 heteroatoms. The second-order valence-electron chi connectivity index (χ2n) is 9.90. The lowest BCUT2D eigenvalue weighted by atomic mass is 9.48. The van der Waals surface area contributed by atoms with Crippen LogP contribution in [-0.4, -0.2) is 11.7 Å². The van der Waals surface area contributed by atoms with Crippen LogP contribution in [0.2, 0.25) is 0 Å². The molecule has 3 fully saturated rings. The van der Waals surface area contributed by atoms with Crippen LogP contribution >= 0.6 is 0 Å². The molecule has 0 aromatic rings. The van der Waals surface area contributed by atoms with E-state index in [1.807, 2.05) is 0 Å². The number of hydrogen-bond donors (Lipinski definition) is 1.